The summed E-state index contributed by atoms with van der Waals surface area (Å²) in [6, 6.07) is 3.71. The second-order valence-corrected chi connectivity index (χ2v) is 5.41. The Labute approximate surface area is 126 Å². The van der Waals surface area contributed by atoms with Gasteiger partial charge in [-0.15, -0.1) is 11.6 Å². The molecule has 0 aliphatic rings. The van der Waals surface area contributed by atoms with E-state index in [4.69, 9.17) is 16.1 Å². The van der Waals surface area contributed by atoms with Gasteiger partial charge in [0.25, 0.3) is 5.89 Å². The van der Waals surface area contributed by atoms with Crippen molar-refractivity contribution in [1.82, 2.24) is 10.1 Å². The van der Waals surface area contributed by atoms with Crippen LogP contribution in [0.2, 0.25) is 0 Å². The number of rotatable bonds is 3. The minimum atomic E-state index is -4.46. The van der Waals surface area contributed by atoms with Gasteiger partial charge in [0, 0.05) is 10.0 Å². The highest BCUT2D eigenvalue weighted by molar-refractivity contribution is 9.10. The lowest BCUT2D eigenvalue weighted by Crippen LogP contribution is -2.06. The average molecular weight is 370 g/mol. The predicted octanol–water partition coefficient (Wildman–Crippen LogP) is 5.21. The molecule has 1 heterocycles. The van der Waals surface area contributed by atoms with E-state index in [1.165, 1.54) is 12.1 Å². The molecule has 0 fully saturated rings. The maximum absolute atomic E-state index is 12.8. The zero-order valence-corrected chi connectivity index (χ0v) is 12.6. The van der Waals surface area contributed by atoms with Gasteiger partial charge in [-0.25, -0.2) is 0 Å². The fraction of sp³-hybridized carbons (Fsp3) is 0.333. The van der Waals surface area contributed by atoms with Gasteiger partial charge in [0.1, 0.15) is 0 Å². The second-order valence-electron chi connectivity index (χ2n) is 4.03. The van der Waals surface area contributed by atoms with Crippen molar-refractivity contribution in [3.05, 3.63) is 34.1 Å². The van der Waals surface area contributed by atoms with Gasteiger partial charge in [-0.3, -0.25) is 0 Å². The number of hydrogen-bond donors (Lipinski definition) is 0. The summed E-state index contributed by atoms with van der Waals surface area (Å²) in [5.41, 5.74) is -0.605. The Morgan fingerprint density at radius 2 is 2.10 bits per heavy atom. The highest BCUT2D eigenvalue weighted by atomic mass is 79.9. The summed E-state index contributed by atoms with van der Waals surface area (Å²) < 4.78 is 43.4. The molecule has 2 aromatic rings. The molecule has 0 spiro atoms. The number of benzene rings is 1. The van der Waals surface area contributed by atoms with E-state index >= 15 is 0 Å². The van der Waals surface area contributed by atoms with Crippen LogP contribution in [-0.2, 0) is 6.18 Å². The van der Waals surface area contributed by atoms with Crippen LogP contribution in [-0.4, -0.2) is 10.1 Å². The Hall–Kier alpha value is -1.08. The third-order valence-electron chi connectivity index (χ3n) is 2.60. The van der Waals surface area contributed by atoms with Crippen LogP contribution >= 0.6 is 27.5 Å². The molecule has 3 nitrogen and oxygen atoms in total. The van der Waals surface area contributed by atoms with Crippen molar-refractivity contribution < 1.29 is 17.7 Å². The van der Waals surface area contributed by atoms with E-state index in [2.05, 4.69) is 26.1 Å². The maximum Gasteiger partial charge on any atom is 0.417 e. The number of hydrogen-bond acceptors (Lipinski definition) is 3. The molecule has 8 heteroatoms. The van der Waals surface area contributed by atoms with Crippen LogP contribution in [0.5, 0.6) is 0 Å². The Bertz CT molecular complexity index is 615. The molecule has 108 valence electrons. The first-order valence-corrected chi connectivity index (χ1v) is 6.90. The van der Waals surface area contributed by atoms with E-state index in [1.54, 1.807) is 0 Å². The molecule has 1 aromatic heterocycles. The fourth-order valence-electron chi connectivity index (χ4n) is 1.54. The van der Waals surface area contributed by atoms with E-state index in [-0.39, 0.29) is 21.8 Å². The molecule has 0 N–H and O–H groups in total. The van der Waals surface area contributed by atoms with Crippen molar-refractivity contribution in [3.63, 3.8) is 0 Å². The van der Waals surface area contributed by atoms with Crippen LogP contribution in [0.1, 0.15) is 30.1 Å². The highest BCUT2D eigenvalue weighted by Gasteiger charge is 2.33. The molecule has 1 atom stereocenters. The van der Waals surface area contributed by atoms with Gasteiger partial charge in [0.2, 0.25) is 0 Å². The first-order valence-electron chi connectivity index (χ1n) is 5.67. The van der Waals surface area contributed by atoms with Crippen LogP contribution in [0.15, 0.2) is 27.2 Å². The highest BCUT2D eigenvalue weighted by Crippen LogP contribution is 2.37. The van der Waals surface area contributed by atoms with Gasteiger partial charge in [0.05, 0.1) is 10.9 Å². The van der Waals surface area contributed by atoms with E-state index in [1.807, 2.05) is 6.92 Å². The third kappa shape index (κ3) is 3.15. The molecular weight excluding hydrogens is 360 g/mol. The topological polar surface area (TPSA) is 38.9 Å². The van der Waals surface area contributed by atoms with Crippen molar-refractivity contribution in [2.75, 3.05) is 0 Å². The van der Waals surface area contributed by atoms with E-state index in [0.29, 0.717) is 6.42 Å². The van der Waals surface area contributed by atoms with Crippen LogP contribution in [0.25, 0.3) is 11.5 Å². The average Bonchev–Trinajstić information content (AvgIpc) is 2.86. The monoisotopic (exact) mass is 368 g/mol. The number of alkyl halides is 4. The standard InChI is InChI=1S/C12H9BrClF3N2O/c1-2-9(14)10-18-11(20-19-10)6-3-4-8(13)7(5-6)12(15,16)17/h3-5,9H,2H2,1H3. The van der Waals surface area contributed by atoms with Gasteiger partial charge in [-0.2, -0.15) is 18.2 Å². The summed E-state index contributed by atoms with van der Waals surface area (Å²) in [5, 5.41) is 3.24. The molecule has 2 rings (SSSR count). The molecule has 0 saturated carbocycles. The normalized spacial score (nSPS) is 13.5. The molecule has 20 heavy (non-hydrogen) atoms. The Kier molecular flexibility index (Phi) is 4.39. The zero-order valence-electron chi connectivity index (χ0n) is 10.2. The molecule has 1 aromatic carbocycles. The van der Waals surface area contributed by atoms with Gasteiger partial charge in [-0.05, 0) is 24.6 Å². The van der Waals surface area contributed by atoms with Crippen molar-refractivity contribution in [2.45, 2.75) is 24.9 Å². The summed E-state index contributed by atoms with van der Waals surface area (Å²) in [4.78, 5) is 4.01. The van der Waals surface area contributed by atoms with Gasteiger partial charge in [-0.1, -0.05) is 28.0 Å². The Morgan fingerprint density at radius 1 is 1.40 bits per heavy atom. The number of nitrogens with zero attached hydrogens (tertiary/aromatic N) is 2. The van der Waals surface area contributed by atoms with E-state index < -0.39 is 17.1 Å². The Morgan fingerprint density at radius 3 is 2.70 bits per heavy atom. The molecule has 0 saturated heterocycles. The maximum atomic E-state index is 12.8. The van der Waals surface area contributed by atoms with Crippen LogP contribution in [0, 0.1) is 0 Å². The largest absolute Gasteiger partial charge is 0.417 e. The molecule has 0 amide bonds. The minimum Gasteiger partial charge on any atom is -0.334 e. The first-order chi connectivity index (χ1) is 9.32. The quantitative estimate of drug-likeness (QED) is 0.697. The summed E-state index contributed by atoms with van der Waals surface area (Å²) in [5.74, 6) is 0.276. The van der Waals surface area contributed by atoms with Crippen molar-refractivity contribution in [3.8, 4) is 11.5 Å². The summed E-state index contributed by atoms with van der Waals surface area (Å²) in [6.45, 7) is 1.84. The SMILES string of the molecule is CCC(Cl)c1noc(-c2ccc(Br)c(C(F)(F)F)c2)n1. The lowest BCUT2D eigenvalue weighted by molar-refractivity contribution is -0.138. The minimum absolute atomic E-state index is 0.0112. The molecule has 0 aliphatic carbocycles. The molecule has 0 bridgehead atoms. The predicted molar refractivity (Wildman–Crippen MR) is 71.3 cm³/mol. The smallest absolute Gasteiger partial charge is 0.334 e. The fourth-order valence-corrected chi connectivity index (χ4v) is 2.10. The summed E-state index contributed by atoms with van der Waals surface area (Å²) >= 11 is 8.82. The van der Waals surface area contributed by atoms with E-state index in [0.717, 1.165) is 6.07 Å². The summed E-state index contributed by atoms with van der Waals surface area (Å²) in [6.07, 6.45) is -3.87. The molecular formula is C12H9BrClF3N2O. The Balaban J connectivity index is 2.41. The second kappa shape index (κ2) is 5.73. The van der Waals surface area contributed by atoms with Crippen molar-refractivity contribution in [2.24, 2.45) is 0 Å². The molecule has 1 unspecified atom stereocenters. The molecule has 0 radical (unpaired) electrons. The van der Waals surface area contributed by atoms with Crippen LogP contribution < -0.4 is 0 Å². The number of aromatic nitrogens is 2. The van der Waals surface area contributed by atoms with Crippen molar-refractivity contribution >= 4 is 27.5 Å². The molecule has 0 aliphatic heterocycles. The van der Waals surface area contributed by atoms with Gasteiger partial charge >= 0.3 is 6.18 Å². The third-order valence-corrected chi connectivity index (χ3v) is 3.79. The van der Waals surface area contributed by atoms with Gasteiger partial charge < -0.3 is 4.52 Å². The van der Waals surface area contributed by atoms with Crippen molar-refractivity contribution in [1.29, 1.82) is 0 Å². The van der Waals surface area contributed by atoms with Crippen LogP contribution in [0.4, 0.5) is 13.2 Å². The lowest BCUT2D eigenvalue weighted by atomic mass is 10.1. The zero-order chi connectivity index (χ0) is 14.9. The lowest BCUT2D eigenvalue weighted by Gasteiger charge is -2.09. The first kappa shape index (κ1) is 15.3. The summed E-state index contributed by atoms with van der Waals surface area (Å²) in [7, 11) is 0. The van der Waals surface area contributed by atoms with Gasteiger partial charge in [0.15, 0.2) is 5.82 Å². The van der Waals surface area contributed by atoms with Crippen LogP contribution in [0.3, 0.4) is 0 Å². The number of halogens is 5. The van der Waals surface area contributed by atoms with E-state index in [9.17, 15) is 13.2 Å².